The summed E-state index contributed by atoms with van der Waals surface area (Å²) in [5, 5.41) is 0. The van der Waals surface area contributed by atoms with Crippen molar-refractivity contribution in [3.63, 3.8) is 0 Å². The zero-order valence-electron chi connectivity index (χ0n) is 30.9. The van der Waals surface area contributed by atoms with Gasteiger partial charge in [0, 0.05) is 0 Å². The number of esters is 1. The summed E-state index contributed by atoms with van der Waals surface area (Å²) in [6, 6.07) is 2.79. The molecule has 2 N–H and O–H groups in total. The molecular formula is C37H63F6O5P. The Morgan fingerprint density at radius 2 is 1.04 bits per heavy atom. The molecule has 0 saturated heterocycles. The van der Waals surface area contributed by atoms with Crippen molar-refractivity contribution >= 4 is 13.6 Å². The van der Waals surface area contributed by atoms with Crippen LogP contribution in [0.1, 0.15) is 174 Å². The number of carbonyl (C=O) groups is 1. The van der Waals surface area contributed by atoms with Gasteiger partial charge in [-0.25, -0.2) is 0 Å². The first kappa shape index (κ1) is 45.4. The Bertz CT molecular complexity index is 1100. The van der Waals surface area contributed by atoms with Crippen LogP contribution < -0.4 is 4.52 Å². The summed E-state index contributed by atoms with van der Waals surface area (Å²) in [6.45, 7) is 12.0. The minimum atomic E-state index is -8.66. The molecule has 12 heteroatoms. The Kier molecular flexibility index (Phi) is 17.9. The van der Waals surface area contributed by atoms with Crippen LogP contribution in [0.3, 0.4) is 0 Å². The summed E-state index contributed by atoms with van der Waals surface area (Å²) in [7, 11) is -8.66. The number of aryl methyl sites for hydroxylation is 1. The molecule has 1 aromatic carbocycles. The number of carbonyl (C=O) groups excluding carboxylic acids is 1. The van der Waals surface area contributed by atoms with E-state index in [2.05, 4.69) is 11.4 Å². The summed E-state index contributed by atoms with van der Waals surface area (Å²) in [4.78, 5) is 32.2. The fourth-order valence-electron chi connectivity index (χ4n) is 5.63. The van der Waals surface area contributed by atoms with Gasteiger partial charge in [0.05, 0.1) is 0 Å². The molecule has 288 valence electrons. The molecule has 0 unspecified atom stereocenters. The summed E-state index contributed by atoms with van der Waals surface area (Å²) in [5.41, 5.74) is -8.16. The van der Waals surface area contributed by atoms with Crippen molar-refractivity contribution in [3.05, 3.63) is 28.8 Å². The van der Waals surface area contributed by atoms with Crippen LogP contribution in [0.2, 0.25) is 0 Å². The van der Waals surface area contributed by atoms with E-state index in [4.69, 9.17) is 4.74 Å². The topological polar surface area (TPSA) is 76.0 Å². The third-order valence-electron chi connectivity index (χ3n) is 8.71. The minimum absolute atomic E-state index is 0.0239. The number of rotatable bonds is 23. The number of hydrogen-bond donors (Lipinski definition) is 2. The van der Waals surface area contributed by atoms with Crippen molar-refractivity contribution < 1.29 is 50.0 Å². The van der Waals surface area contributed by atoms with Crippen LogP contribution >= 0.6 is 7.59 Å². The van der Waals surface area contributed by atoms with Gasteiger partial charge in [0.25, 0.3) is 0 Å². The van der Waals surface area contributed by atoms with Crippen LogP contribution in [-0.2, 0) is 26.8 Å². The molecule has 1 aromatic rings. The quantitative estimate of drug-likeness (QED) is 0.0507. The molecule has 0 bridgehead atoms. The second kappa shape index (κ2) is 19.3. The number of benzene rings is 1. The van der Waals surface area contributed by atoms with Crippen LogP contribution in [-0.4, -0.2) is 34.2 Å². The third-order valence-corrected chi connectivity index (χ3v) is 10.4. The van der Waals surface area contributed by atoms with Crippen molar-refractivity contribution in [2.75, 3.05) is 6.61 Å². The van der Waals surface area contributed by atoms with Gasteiger partial charge in [0.1, 0.15) is 0 Å². The van der Waals surface area contributed by atoms with E-state index in [9.17, 15) is 36.5 Å². The standard InChI is InChI=1S/C37H63F6O5P/c1-8-9-10-11-12-13-14-15-16-17-18-19-20-21-22-23-26-47-32(44)25-24-29-27-30(34(2,3)4)33(31(28-29)35(5,6)7)48-49(43,45,46)37(41,42)36(38,39)40/h27-28,45-46H,8-26H2,1-7H3. The van der Waals surface area contributed by atoms with Crippen molar-refractivity contribution in [1.82, 2.24) is 0 Å². The normalized spacial score (nSPS) is 14.1. The Morgan fingerprint density at radius 3 is 1.39 bits per heavy atom. The van der Waals surface area contributed by atoms with Crippen LogP contribution in [0.25, 0.3) is 0 Å². The second-order valence-electron chi connectivity index (χ2n) is 15.5. The van der Waals surface area contributed by atoms with Crippen LogP contribution in [0.15, 0.2) is 12.1 Å². The monoisotopic (exact) mass is 732 g/mol. The van der Waals surface area contributed by atoms with E-state index in [0.717, 1.165) is 25.7 Å². The van der Waals surface area contributed by atoms with E-state index < -0.39 is 42.0 Å². The first-order valence-corrected chi connectivity index (χ1v) is 20.1. The SMILES string of the molecule is CCCCCCCCCCCCCCCCCCOC(=O)CCc1cc(C(C)(C)C)c(OP(O)(O)(F)C(F)(F)C(F)(F)F)c(C(C)(C)C)c1. The van der Waals surface area contributed by atoms with E-state index >= 15 is 4.20 Å². The average Bonchev–Trinajstić information content (AvgIpc) is 2.95. The summed E-state index contributed by atoms with van der Waals surface area (Å²) in [5.74, 6) is -1.25. The van der Waals surface area contributed by atoms with Gasteiger partial charge in [0.2, 0.25) is 0 Å². The molecule has 0 spiro atoms. The maximum absolute atomic E-state index is 15.1. The van der Waals surface area contributed by atoms with Crippen LogP contribution in [0.5, 0.6) is 5.75 Å². The van der Waals surface area contributed by atoms with Crippen molar-refractivity contribution in [1.29, 1.82) is 0 Å². The molecule has 0 atom stereocenters. The number of unbranched alkanes of at least 4 members (excludes halogenated alkanes) is 15. The Balaban J connectivity index is 2.65. The molecule has 0 heterocycles. The summed E-state index contributed by atoms with van der Waals surface area (Å²) < 4.78 is 92.3. The fourth-order valence-corrected chi connectivity index (χ4v) is 6.69. The van der Waals surface area contributed by atoms with E-state index in [1.807, 2.05) is 0 Å². The third kappa shape index (κ3) is 15.3. The van der Waals surface area contributed by atoms with E-state index in [1.54, 1.807) is 41.5 Å². The van der Waals surface area contributed by atoms with Gasteiger partial charge in [-0.15, -0.1) is 0 Å². The van der Waals surface area contributed by atoms with Gasteiger partial charge in [-0.05, 0) is 0 Å². The first-order valence-electron chi connectivity index (χ1n) is 18.1. The van der Waals surface area contributed by atoms with Crippen LogP contribution in [0.4, 0.5) is 26.1 Å². The average molecular weight is 733 g/mol. The molecule has 5 nitrogen and oxygen atoms in total. The predicted molar refractivity (Wildman–Crippen MR) is 187 cm³/mol. The maximum atomic E-state index is 15.1. The Labute approximate surface area is 291 Å². The van der Waals surface area contributed by atoms with E-state index in [-0.39, 0.29) is 30.6 Å². The van der Waals surface area contributed by atoms with E-state index in [0.29, 0.717) is 5.56 Å². The van der Waals surface area contributed by atoms with Crippen molar-refractivity contribution in [2.24, 2.45) is 0 Å². The molecule has 0 fully saturated rings. The fraction of sp³-hybridized carbons (Fsp3) is 0.811. The Hall–Kier alpha value is -1.58. The van der Waals surface area contributed by atoms with Gasteiger partial charge in [-0.3, -0.25) is 0 Å². The van der Waals surface area contributed by atoms with Gasteiger partial charge in [-0.1, -0.05) is 96.8 Å². The number of alkyl halides is 5. The molecule has 49 heavy (non-hydrogen) atoms. The molecule has 1 rings (SSSR count). The Morgan fingerprint density at radius 1 is 0.673 bits per heavy atom. The number of hydrogen-bond acceptors (Lipinski definition) is 5. The molecule has 0 aliphatic heterocycles. The predicted octanol–water partition coefficient (Wildman–Crippen LogP) is 12.7. The molecular weight excluding hydrogens is 669 g/mol. The zero-order chi connectivity index (χ0) is 37.6. The van der Waals surface area contributed by atoms with Gasteiger partial charge in [-0.2, -0.15) is 0 Å². The van der Waals surface area contributed by atoms with Gasteiger partial charge < -0.3 is 0 Å². The molecule has 0 radical (unpaired) electrons. The molecule has 0 aromatic heterocycles. The van der Waals surface area contributed by atoms with Crippen LogP contribution in [0, 0.1) is 0 Å². The van der Waals surface area contributed by atoms with Crippen molar-refractivity contribution in [2.45, 2.75) is 187 Å². The summed E-state index contributed by atoms with van der Waals surface area (Å²) in [6.07, 6.45) is 13.3. The number of ether oxygens (including phenoxy) is 1. The number of halogens is 6. The molecule has 0 saturated carbocycles. The molecule has 0 amide bonds. The van der Waals surface area contributed by atoms with Crippen molar-refractivity contribution in [3.8, 4) is 5.75 Å². The van der Waals surface area contributed by atoms with E-state index in [1.165, 1.54) is 89.2 Å². The molecule has 0 aliphatic rings. The van der Waals surface area contributed by atoms with Gasteiger partial charge in [0.15, 0.2) is 0 Å². The summed E-state index contributed by atoms with van der Waals surface area (Å²) >= 11 is 0. The zero-order valence-corrected chi connectivity index (χ0v) is 31.8. The van der Waals surface area contributed by atoms with Gasteiger partial charge >= 0.3 is 195 Å². The molecule has 0 aliphatic carbocycles. The first-order chi connectivity index (χ1) is 22.4. The second-order valence-corrected chi connectivity index (χ2v) is 18.0.